The van der Waals surface area contributed by atoms with E-state index in [4.69, 9.17) is 0 Å². The SMILES string of the molecule is O.O.O.[Cu+2]. The second kappa shape index (κ2) is 123. The minimum Gasteiger partial charge on any atom is -0.412 e. The summed E-state index contributed by atoms with van der Waals surface area (Å²) in [6.45, 7) is 0. The minimum absolute atomic E-state index is 0. The molecule has 4 heteroatoms. The van der Waals surface area contributed by atoms with E-state index in [0.29, 0.717) is 0 Å². The van der Waals surface area contributed by atoms with Crippen LogP contribution >= 0.6 is 0 Å². The zero-order valence-corrected chi connectivity index (χ0v) is 2.74. The first-order chi connectivity index (χ1) is 0. The number of hydrogen-bond acceptors (Lipinski definition) is 0. The smallest absolute Gasteiger partial charge is 0.412 e. The molecule has 0 bridgehead atoms. The van der Waals surface area contributed by atoms with Crippen LogP contribution in [0.4, 0.5) is 0 Å². The van der Waals surface area contributed by atoms with E-state index in [9.17, 15) is 0 Å². The summed E-state index contributed by atoms with van der Waals surface area (Å²) in [4.78, 5) is 0. The Labute approximate surface area is 34.4 Å². The summed E-state index contributed by atoms with van der Waals surface area (Å²) in [6.07, 6.45) is 0. The zero-order chi connectivity index (χ0) is 0. The molecule has 0 amide bonds. The molecular formula is H6CuO3+2. The van der Waals surface area contributed by atoms with E-state index in [1.54, 1.807) is 0 Å². The molecule has 0 heterocycles. The fourth-order valence-electron chi connectivity index (χ4n) is 0. The monoisotopic (exact) mass is 117 g/mol. The molecule has 0 saturated heterocycles. The Morgan fingerprint density at radius 3 is 0.500 bits per heavy atom. The fourth-order valence-corrected chi connectivity index (χ4v) is 0. The van der Waals surface area contributed by atoms with Gasteiger partial charge in [0.05, 0.1) is 0 Å². The molecule has 0 saturated carbocycles. The third-order valence-electron chi connectivity index (χ3n) is 0. The van der Waals surface area contributed by atoms with Gasteiger partial charge in [-0.1, -0.05) is 0 Å². The van der Waals surface area contributed by atoms with Crippen LogP contribution in [0.5, 0.6) is 0 Å². The summed E-state index contributed by atoms with van der Waals surface area (Å²) in [5, 5.41) is 0. The van der Waals surface area contributed by atoms with Gasteiger partial charge in [-0.15, -0.1) is 0 Å². The minimum atomic E-state index is 0. The Balaban J connectivity index is 0. The van der Waals surface area contributed by atoms with Crippen LogP contribution in [0, 0.1) is 0 Å². The molecule has 0 spiro atoms. The van der Waals surface area contributed by atoms with Crippen molar-refractivity contribution in [2.75, 3.05) is 0 Å². The predicted octanol–water partition coefficient (Wildman–Crippen LogP) is -2.48. The molecule has 6 N–H and O–H groups in total. The van der Waals surface area contributed by atoms with E-state index < -0.39 is 0 Å². The molecule has 0 atom stereocenters. The Morgan fingerprint density at radius 1 is 0.500 bits per heavy atom. The summed E-state index contributed by atoms with van der Waals surface area (Å²) < 4.78 is 0. The Morgan fingerprint density at radius 2 is 0.500 bits per heavy atom. The van der Waals surface area contributed by atoms with Gasteiger partial charge in [-0.25, -0.2) is 0 Å². The van der Waals surface area contributed by atoms with E-state index in [2.05, 4.69) is 0 Å². The summed E-state index contributed by atoms with van der Waals surface area (Å²) in [7, 11) is 0. The van der Waals surface area contributed by atoms with Gasteiger partial charge in [0.15, 0.2) is 0 Å². The molecule has 4 heavy (non-hydrogen) atoms. The maximum Gasteiger partial charge on any atom is 2.00 e. The Bertz CT molecular complexity index is 3.25. The van der Waals surface area contributed by atoms with Crippen molar-refractivity contribution in [1.29, 1.82) is 0 Å². The first kappa shape index (κ1) is 319. The van der Waals surface area contributed by atoms with Crippen molar-refractivity contribution in [3.63, 3.8) is 0 Å². The molecule has 0 aliphatic carbocycles. The van der Waals surface area contributed by atoms with E-state index in [1.165, 1.54) is 0 Å². The molecular weight excluding hydrogens is 112 g/mol. The number of hydrogen-bond donors (Lipinski definition) is 0. The van der Waals surface area contributed by atoms with Crippen LogP contribution in [0.1, 0.15) is 0 Å². The van der Waals surface area contributed by atoms with Crippen LogP contribution in [0.2, 0.25) is 0 Å². The predicted molar refractivity (Wildman–Crippen MR) is 10.8 cm³/mol. The summed E-state index contributed by atoms with van der Waals surface area (Å²) in [5.74, 6) is 0. The van der Waals surface area contributed by atoms with Crippen molar-refractivity contribution in [2.24, 2.45) is 0 Å². The van der Waals surface area contributed by atoms with Crippen LogP contribution in [0.15, 0.2) is 0 Å². The van der Waals surface area contributed by atoms with E-state index in [-0.39, 0.29) is 33.5 Å². The van der Waals surface area contributed by atoms with Gasteiger partial charge >= 0.3 is 17.1 Å². The standard InChI is InChI=1S/Cu.3H2O/h;3*1H2/q+2;;;. The van der Waals surface area contributed by atoms with Gasteiger partial charge in [0.2, 0.25) is 0 Å². The van der Waals surface area contributed by atoms with Gasteiger partial charge in [0.25, 0.3) is 0 Å². The van der Waals surface area contributed by atoms with Crippen molar-refractivity contribution in [3.8, 4) is 0 Å². The fraction of sp³-hybridized carbons (Fsp3) is 0. The molecule has 3 nitrogen and oxygen atoms in total. The third kappa shape index (κ3) is 29.4. The molecule has 0 unspecified atom stereocenters. The number of rotatable bonds is 0. The van der Waals surface area contributed by atoms with Crippen LogP contribution in [0.25, 0.3) is 0 Å². The van der Waals surface area contributed by atoms with Crippen LogP contribution in [-0.2, 0) is 17.1 Å². The Kier molecular flexibility index (Phi) is 9770. The van der Waals surface area contributed by atoms with E-state index in [1.807, 2.05) is 0 Å². The van der Waals surface area contributed by atoms with Crippen molar-refractivity contribution in [2.45, 2.75) is 0 Å². The summed E-state index contributed by atoms with van der Waals surface area (Å²) in [6, 6.07) is 0. The first-order valence-corrected chi connectivity index (χ1v) is 0. The van der Waals surface area contributed by atoms with Gasteiger partial charge in [-0.3, -0.25) is 0 Å². The van der Waals surface area contributed by atoms with Gasteiger partial charge < -0.3 is 16.4 Å². The molecule has 0 aromatic carbocycles. The molecule has 33 valence electrons. The van der Waals surface area contributed by atoms with Crippen LogP contribution in [0.3, 0.4) is 0 Å². The molecule has 0 aliphatic rings. The van der Waals surface area contributed by atoms with Crippen molar-refractivity contribution >= 4 is 0 Å². The molecule has 0 rings (SSSR count). The van der Waals surface area contributed by atoms with Crippen LogP contribution < -0.4 is 0 Å². The second-order valence-corrected chi connectivity index (χ2v) is 0. The quantitative estimate of drug-likeness (QED) is 0.314. The first-order valence-electron chi connectivity index (χ1n) is 0. The van der Waals surface area contributed by atoms with Gasteiger partial charge in [-0.2, -0.15) is 0 Å². The maximum atomic E-state index is 0. The summed E-state index contributed by atoms with van der Waals surface area (Å²) in [5.41, 5.74) is 0. The van der Waals surface area contributed by atoms with Crippen LogP contribution in [-0.4, -0.2) is 16.4 Å². The molecule has 1 radical (unpaired) electrons. The Hall–Kier alpha value is 0.399. The largest absolute Gasteiger partial charge is 2.00 e. The van der Waals surface area contributed by atoms with Gasteiger partial charge in [0.1, 0.15) is 0 Å². The van der Waals surface area contributed by atoms with E-state index in [0.717, 1.165) is 0 Å². The summed E-state index contributed by atoms with van der Waals surface area (Å²) >= 11 is 0. The average Bonchev–Trinajstić information content (AvgIpc) is 0. The van der Waals surface area contributed by atoms with Crippen molar-refractivity contribution in [1.82, 2.24) is 0 Å². The zero-order valence-electron chi connectivity index (χ0n) is 1.80. The average molecular weight is 118 g/mol. The van der Waals surface area contributed by atoms with Gasteiger partial charge in [-0.05, 0) is 0 Å². The normalized spacial score (nSPS) is 0. The van der Waals surface area contributed by atoms with Gasteiger partial charge in [0, 0.05) is 0 Å². The molecule has 0 fully saturated rings. The molecule has 0 aromatic rings. The van der Waals surface area contributed by atoms with Crippen molar-refractivity contribution in [3.05, 3.63) is 0 Å². The van der Waals surface area contributed by atoms with Crippen molar-refractivity contribution < 1.29 is 33.5 Å². The second-order valence-electron chi connectivity index (χ2n) is 0. The third-order valence-corrected chi connectivity index (χ3v) is 0. The van der Waals surface area contributed by atoms with E-state index >= 15 is 0 Å². The molecule has 0 aliphatic heterocycles. The topological polar surface area (TPSA) is 94.5 Å². The maximum absolute atomic E-state index is 0. The molecule has 0 aromatic heterocycles.